The maximum absolute atomic E-state index is 12.8. The third kappa shape index (κ3) is 4.17. The van der Waals surface area contributed by atoms with Crippen molar-refractivity contribution in [1.82, 2.24) is 0 Å². The van der Waals surface area contributed by atoms with E-state index in [0.29, 0.717) is 23.1 Å². The van der Waals surface area contributed by atoms with Crippen LogP contribution in [0.3, 0.4) is 0 Å². The zero-order valence-corrected chi connectivity index (χ0v) is 15.2. The van der Waals surface area contributed by atoms with Crippen LogP contribution in [0.5, 0.6) is 5.75 Å². The normalized spacial score (nSPS) is 14.4. The second-order valence-corrected chi connectivity index (χ2v) is 6.60. The van der Waals surface area contributed by atoms with E-state index in [1.807, 2.05) is 12.1 Å². The van der Waals surface area contributed by atoms with Crippen LogP contribution in [0.15, 0.2) is 48.5 Å². The molecule has 2 aromatic carbocycles. The van der Waals surface area contributed by atoms with Crippen LogP contribution in [0, 0.1) is 0 Å². The first kappa shape index (κ1) is 18.3. The molecule has 136 valence electrons. The number of amides is 1. The highest BCUT2D eigenvalue weighted by Gasteiger charge is 2.51. The van der Waals surface area contributed by atoms with Gasteiger partial charge in [0.2, 0.25) is 5.91 Å². The number of carbonyl (C=O) groups excluding carboxylic acids is 2. The van der Waals surface area contributed by atoms with Gasteiger partial charge in [0, 0.05) is 16.8 Å². The molecular weight excluding hydrogens is 354 g/mol. The smallest absolute Gasteiger partial charge is 0.344 e. The molecule has 0 radical (unpaired) electrons. The Morgan fingerprint density at radius 1 is 1.15 bits per heavy atom. The molecule has 1 fully saturated rings. The van der Waals surface area contributed by atoms with Crippen molar-refractivity contribution in [1.29, 1.82) is 0 Å². The summed E-state index contributed by atoms with van der Waals surface area (Å²) >= 11 is 5.93. The van der Waals surface area contributed by atoms with Crippen LogP contribution in [0.2, 0.25) is 5.02 Å². The van der Waals surface area contributed by atoms with Gasteiger partial charge in [-0.15, -0.1) is 0 Å². The van der Waals surface area contributed by atoms with Crippen LogP contribution < -0.4 is 10.1 Å². The standard InChI is InChI=1S/C20H20ClNO4/c1-2-25-18(23)13-26-17-5-3-4-16(12-17)22-19(24)20(10-11-20)14-6-8-15(21)9-7-14/h3-9,12H,2,10-11,13H2,1H3,(H,22,24). The molecule has 1 saturated carbocycles. The van der Waals surface area contributed by atoms with Gasteiger partial charge in [0.25, 0.3) is 0 Å². The van der Waals surface area contributed by atoms with Gasteiger partial charge in [0.1, 0.15) is 5.75 Å². The van der Waals surface area contributed by atoms with E-state index < -0.39 is 11.4 Å². The molecule has 26 heavy (non-hydrogen) atoms. The van der Waals surface area contributed by atoms with E-state index in [9.17, 15) is 9.59 Å². The number of ether oxygens (including phenoxy) is 2. The fourth-order valence-electron chi connectivity index (χ4n) is 2.80. The number of hydrogen-bond donors (Lipinski definition) is 1. The number of anilines is 1. The molecule has 3 rings (SSSR count). The zero-order valence-electron chi connectivity index (χ0n) is 14.5. The topological polar surface area (TPSA) is 64.6 Å². The van der Waals surface area contributed by atoms with Crippen LogP contribution in [0.25, 0.3) is 0 Å². The lowest BCUT2D eigenvalue weighted by Gasteiger charge is -2.16. The van der Waals surface area contributed by atoms with E-state index in [1.54, 1.807) is 43.3 Å². The lowest BCUT2D eigenvalue weighted by atomic mass is 9.95. The van der Waals surface area contributed by atoms with Gasteiger partial charge in [-0.05, 0) is 49.6 Å². The summed E-state index contributed by atoms with van der Waals surface area (Å²) in [5.74, 6) is 0.0103. The number of rotatable bonds is 7. The van der Waals surface area contributed by atoms with Crippen molar-refractivity contribution in [2.45, 2.75) is 25.2 Å². The molecule has 0 saturated heterocycles. The fourth-order valence-corrected chi connectivity index (χ4v) is 2.93. The van der Waals surface area contributed by atoms with Crippen LogP contribution >= 0.6 is 11.6 Å². The Balaban J connectivity index is 1.65. The molecule has 0 heterocycles. The van der Waals surface area contributed by atoms with Crippen LogP contribution in [-0.4, -0.2) is 25.1 Å². The third-order valence-electron chi connectivity index (χ3n) is 4.34. The number of carbonyl (C=O) groups is 2. The van der Waals surface area contributed by atoms with Gasteiger partial charge in [-0.1, -0.05) is 29.8 Å². The maximum Gasteiger partial charge on any atom is 0.344 e. The van der Waals surface area contributed by atoms with E-state index in [-0.39, 0.29) is 12.5 Å². The molecule has 1 amide bonds. The predicted molar refractivity (Wildman–Crippen MR) is 99.6 cm³/mol. The van der Waals surface area contributed by atoms with Gasteiger partial charge >= 0.3 is 5.97 Å². The van der Waals surface area contributed by atoms with Crippen molar-refractivity contribution in [3.63, 3.8) is 0 Å². The summed E-state index contributed by atoms with van der Waals surface area (Å²) in [5, 5.41) is 3.59. The second kappa shape index (κ2) is 7.79. The van der Waals surface area contributed by atoms with E-state index in [1.165, 1.54) is 0 Å². The Labute approximate surface area is 157 Å². The predicted octanol–water partition coefficient (Wildman–Crippen LogP) is 3.95. The van der Waals surface area contributed by atoms with E-state index in [0.717, 1.165) is 18.4 Å². The molecular formula is C20H20ClNO4. The number of hydrogen-bond acceptors (Lipinski definition) is 4. The molecule has 0 bridgehead atoms. The van der Waals surface area contributed by atoms with Gasteiger partial charge in [-0.2, -0.15) is 0 Å². The van der Waals surface area contributed by atoms with Crippen LogP contribution in [-0.2, 0) is 19.7 Å². The largest absolute Gasteiger partial charge is 0.482 e. The number of halogens is 1. The highest BCUT2D eigenvalue weighted by Crippen LogP contribution is 2.49. The fraction of sp³-hybridized carbons (Fsp3) is 0.300. The lowest BCUT2D eigenvalue weighted by Crippen LogP contribution is -2.27. The summed E-state index contributed by atoms with van der Waals surface area (Å²) in [7, 11) is 0. The summed E-state index contributed by atoms with van der Waals surface area (Å²) in [6.45, 7) is 1.88. The van der Waals surface area contributed by atoms with Gasteiger partial charge in [-0.25, -0.2) is 4.79 Å². The van der Waals surface area contributed by atoms with E-state index in [4.69, 9.17) is 21.1 Å². The Bertz CT molecular complexity index is 800. The molecule has 1 aliphatic rings. The number of esters is 1. The number of benzene rings is 2. The monoisotopic (exact) mass is 373 g/mol. The summed E-state index contributed by atoms with van der Waals surface area (Å²) in [6, 6.07) is 14.4. The van der Waals surface area contributed by atoms with Gasteiger partial charge in [-0.3, -0.25) is 4.79 Å². The molecule has 0 aromatic heterocycles. The Morgan fingerprint density at radius 2 is 1.88 bits per heavy atom. The van der Waals surface area contributed by atoms with Crippen molar-refractivity contribution in [3.05, 3.63) is 59.1 Å². The Morgan fingerprint density at radius 3 is 2.54 bits per heavy atom. The summed E-state index contributed by atoms with van der Waals surface area (Å²) < 4.78 is 10.2. The maximum atomic E-state index is 12.8. The minimum absolute atomic E-state index is 0.0534. The van der Waals surface area contributed by atoms with Crippen molar-refractivity contribution in [3.8, 4) is 5.75 Å². The van der Waals surface area contributed by atoms with E-state index >= 15 is 0 Å². The third-order valence-corrected chi connectivity index (χ3v) is 4.59. The minimum atomic E-state index is -0.494. The molecule has 6 heteroatoms. The van der Waals surface area contributed by atoms with Crippen LogP contribution in [0.1, 0.15) is 25.3 Å². The molecule has 0 aliphatic heterocycles. The van der Waals surface area contributed by atoms with Crippen molar-refractivity contribution in [2.75, 3.05) is 18.5 Å². The van der Waals surface area contributed by atoms with Gasteiger partial charge in [0.15, 0.2) is 6.61 Å². The van der Waals surface area contributed by atoms with E-state index in [2.05, 4.69) is 5.32 Å². The summed E-state index contributed by atoms with van der Waals surface area (Å²) in [4.78, 5) is 24.2. The first-order valence-electron chi connectivity index (χ1n) is 8.49. The average molecular weight is 374 g/mol. The zero-order chi connectivity index (χ0) is 18.6. The molecule has 5 nitrogen and oxygen atoms in total. The van der Waals surface area contributed by atoms with Crippen LogP contribution in [0.4, 0.5) is 5.69 Å². The molecule has 2 aromatic rings. The highest BCUT2D eigenvalue weighted by atomic mass is 35.5. The first-order valence-corrected chi connectivity index (χ1v) is 8.87. The lowest BCUT2D eigenvalue weighted by molar-refractivity contribution is -0.145. The number of nitrogens with one attached hydrogen (secondary N) is 1. The highest BCUT2D eigenvalue weighted by molar-refractivity contribution is 6.30. The molecule has 1 N–H and O–H groups in total. The van der Waals surface area contributed by atoms with Gasteiger partial charge < -0.3 is 14.8 Å². The van der Waals surface area contributed by atoms with Crippen molar-refractivity contribution < 1.29 is 19.1 Å². The van der Waals surface area contributed by atoms with Crippen molar-refractivity contribution in [2.24, 2.45) is 0 Å². The quantitative estimate of drug-likeness (QED) is 0.746. The molecule has 0 spiro atoms. The molecule has 0 unspecified atom stereocenters. The SMILES string of the molecule is CCOC(=O)COc1cccc(NC(=O)C2(c3ccc(Cl)cc3)CC2)c1. The Kier molecular flexibility index (Phi) is 5.47. The minimum Gasteiger partial charge on any atom is -0.482 e. The van der Waals surface area contributed by atoms with Gasteiger partial charge in [0.05, 0.1) is 12.0 Å². The second-order valence-electron chi connectivity index (χ2n) is 6.16. The summed E-state index contributed by atoms with van der Waals surface area (Å²) in [6.07, 6.45) is 1.61. The summed E-state index contributed by atoms with van der Waals surface area (Å²) in [5.41, 5.74) is 1.09. The molecule has 1 aliphatic carbocycles. The van der Waals surface area contributed by atoms with Crippen molar-refractivity contribution >= 4 is 29.2 Å². The average Bonchev–Trinajstić information content (AvgIpc) is 3.43. The molecule has 0 atom stereocenters. The Hall–Kier alpha value is -2.53. The first-order chi connectivity index (χ1) is 12.5.